The maximum absolute atomic E-state index is 13.8. The van der Waals surface area contributed by atoms with Crippen LogP contribution >= 0.6 is 0 Å². The highest BCUT2D eigenvalue weighted by atomic mass is 16.5. The maximum atomic E-state index is 13.8. The van der Waals surface area contributed by atoms with Crippen LogP contribution < -0.4 is 5.32 Å². The number of methoxy groups -OCH3 is 2. The minimum atomic E-state index is -0.861. The summed E-state index contributed by atoms with van der Waals surface area (Å²) in [5, 5.41) is 23.8. The van der Waals surface area contributed by atoms with Gasteiger partial charge in [0.05, 0.1) is 36.7 Å². The number of benzene rings is 1. The zero-order valence-electron chi connectivity index (χ0n) is 27.3. The minimum Gasteiger partial charge on any atom is -0.393 e. The van der Waals surface area contributed by atoms with Gasteiger partial charge in [-0.1, -0.05) is 64.4 Å². The molecule has 42 heavy (non-hydrogen) atoms. The third-order valence-electron chi connectivity index (χ3n) is 9.40. The van der Waals surface area contributed by atoms with Crippen LogP contribution in [0.2, 0.25) is 0 Å². The van der Waals surface area contributed by atoms with Crippen LogP contribution in [0.4, 0.5) is 0 Å². The third-order valence-corrected chi connectivity index (χ3v) is 9.40. The molecule has 1 aromatic carbocycles. The van der Waals surface area contributed by atoms with E-state index in [0.717, 1.165) is 19.3 Å². The largest absolute Gasteiger partial charge is 0.393 e. The highest BCUT2D eigenvalue weighted by molar-refractivity contribution is 5.80. The minimum absolute atomic E-state index is 0.0446. The van der Waals surface area contributed by atoms with Gasteiger partial charge in [-0.2, -0.15) is 0 Å². The Morgan fingerprint density at radius 1 is 1.07 bits per heavy atom. The van der Waals surface area contributed by atoms with E-state index in [-0.39, 0.29) is 54.6 Å². The number of nitrogens with zero attached hydrogens (tertiary/aromatic N) is 2. The second-order valence-corrected chi connectivity index (χ2v) is 12.4. The Morgan fingerprint density at radius 2 is 1.71 bits per heavy atom. The molecule has 1 saturated heterocycles. The van der Waals surface area contributed by atoms with Gasteiger partial charge in [0.15, 0.2) is 0 Å². The van der Waals surface area contributed by atoms with E-state index in [9.17, 15) is 19.8 Å². The molecule has 0 bridgehead atoms. The van der Waals surface area contributed by atoms with Crippen LogP contribution in [0.25, 0.3) is 0 Å². The molecule has 1 aliphatic rings. The second kappa shape index (κ2) is 17.3. The van der Waals surface area contributed by atoms with Gasteiger partial charge in [-0.25, -0.2) is 0 Å². The van der Waals surface area contributed by atoms with Gasteiger partial charge in [-0.05, 0) is 45.2 Å². The van der Waals surface area contributed by atoms with Crippen molar-refractivity contribution in [1.29, 1.82) is 0 Å². The van der Waals surface area contributed by atoms with Crippen molar-refractivity contribution in [3.05, 3.63) is 35.9 Å². The van der Waals surface area contributed by atoms with Gasteiger partial charge in [0.2, 0.25) is 11.8 Å². The molecule has 1 fully saturated rings. The summed E-state index contributed by atoms with van der Waals surface area (Å²) < 4.78 is 11.8. The van der Waals surface area contributed by atoms with Crippen molar-refractivity contribution >= 4 is 11.8 Å². The van der Waals surface area contributed by atoms with Crippen molar-refractivity contribution in [2.75, 3.05) is 27.8 Å². The standard InChI is InChI=1S/C33H57N3O6/c1-10-21(2)31(35(7)29(38)19-22(3)37)28(41-8)20-30(39)36-18-14-17-27(36)32(42-9)24(5)33(40)34-25(6)23(4)26-15-12-11-13-16-26/h11-13,15-16,21-25,27-29,31-32,37-38H,10,14,17-20H2,1-9H3,(H,34,40)/t21-,22+,23+,24+,25+,27-,28+,29?,31-,32+/m0/s1. The van der Waals surface area contributed by atoms with Crippen molar-refractivity contribution < 1.29 is 29.3 Å². The molecule has 0 spiro atoms. The summed E-state index contributed by atoms with van der Waals surface area (Å²) in [5.74, 6) is -0.295. The number of likely N-dealkylation sites (tertiary alicyclic amines) is 1. The Hall–Kier alpha value is -2.04. The number of amides is 2. The molecule has 1 aliphatic heterocycles. The average Bonchev–Trinajstić information content (AvgIpc) is 3.46. The lowest BCUT2D eigenvalue weighted by atomic mass is 9.90. The van der Waals surface area contributed by atoms with Gasteiger partial charge >= 0.3 is 0 Å². The lowest BCUT2D eigenvalue weighted by Gasteiger charge is -2.41. The Bertz CT molecular complexity index is 947. The topological polar surface area (TPSA) is 112 Å². The average molecular weight is 592 g/mol. The lowest BCUT2D eigenvalue weighted by molar-refractivity contribution is -0.145. The van der Waals surface area contributed by atoms with Gasteiger partial charge in [0.1, 0.15) is 6.23 Å². The normalized spacial score (nSPS) is 22.1. The summed E-state index contributed by atoms with van der Waals surface area (Å²) in [5.41, 5.74) is 1.17. The Morgan fingerprint density at radius 3 is 2.26 bits per heavy atom. The molecule has 10 atom stereocenters. The van der Waals surface area contributed by atoms with Crippen molar-refractivity contribution in [2.24, 2.45) is 11.8 Å². The smallest absolute Gasteiger partial charge is 0.225 e. The molecular formula is C33H57N3O6. The molecule has 2 rings (SSSR count). The van der Waals surface area contributed by atoms with Crippen LogP contribution in [0.15, 0.2) is 30.3 Å². The third kappa shape index (κ3) is 9.48. The molecule has 9 heteroatoms. The SMILES string of the molecule is CC[C@H](C)[C@@H]([C@@H](CC(=O)N1CCC[C@H]1[C@H](OC)[C@@H](C)C(=O)N[C@H](C)[C@@H](C)c1ccccc1)OC)N(C)C(O)C[C@@H](C)O. The number of aliphatic hydroxyl groups is 2. The highest BCUT2D eigenvalue weighted by Crippen LogP contribution is 2.30. The van der Waals surface area contributed by atoms with E-state index in [0.29, 0.717) is 6.54 Å². The fourth-order valence-corrected chi connectivity index (χ4v) is 6.39. The first kappa shape index (κ1) is 36.2. The number of aliphatic hydroxyl groups excluding tert-OH is 2. The highest BCUT2D eigenvalue weighted by Gasteiger charge is 2.42. The number of hydrogen-bond donors (Lipinski definition) is 3. The Labute approximate surface area is 253 Å². The molecule has 2 amide bonds. The number of carbonyl (C=O) groups excluding carboxylic acids is 2. The fraction of sp³-hybridized carbons (Fsp3) is 0.758. The molecule has 3 N–H and O–H groups in total. The molecule has 1 unspecified atom stereocenters. The molecule has 0 aliphatic carbocycles. The van der Waals surface area contributed by atoms with E-state index in [1.807, 2.05) is 48.9 Å². The predicted molar refractivity (Wildman–Crippen MR) is 166 cm³/mol. The molecular weight excluding hydrogens is 534 g/mol. The predicted octanol–water partition coefficient (Wildman–Crippen LogP) is 3.78. The number of likely N-dealkylation sites (N-methyl/N-ethyl adjacent to an activating group) is 1. The van der Waals surface area contributed by atoms with E-state index in [4.69, 9.17) is 9.47 Å². The maximum Gasteiger partial charge on any atom is 0.225 e. The lowest BCUT2D eigenvalue weighted by Crippen LogP contribution is -2.54. The van der Waals surface area contributed by atoms with Crippen molar-refractivity contribution in [1.82, 2.24) is 15.1 Å². The monoisotopic (exact) mass is 591 g/mol. The van der Waals surface area contributed by atoms with Crippen LogP contribution in [0.5, 0.6) is 0 Å². The molecule has 0 aromatic heterocycles. The number of carbonyl (C=O) groups is 2. The molecule has 1 heterocycles. The van der Waals surface area contributed by atoms with E-state index in [2.05, 4.69) is 38.2 Å². The van der Waals surface area contributed by atoms with Gasteiger partial charge in [0.25, 0.3) is 0 Å². The summed E-state index contributed by atoms with van der Waals surface area (Å²) in [6.07, 6.45) is 0.390. The molecule has 9 nitrogen and oxygen atoms in total. The van der Waals surface area contributed by atoms with Gasteiger partial charge < -0.3 is 29.9 Å². The van der Waals surface area contributed by atoms with Crippen LogP contribution in [0.1, 0.15) is 85.1 Å². The number of nitrogens with one attached hydrogen (secondary N) is 1. The van der Waals surface area contributed by atoms with Crippen LogP contribution in [0, 0.1) is 11.8 Å². The van der Waals surface area contributed by atoms with Crippen LogP contribution in [0.3, 0.4) is 0 Å². The molecule has 240 valence electrons. The van der Waals surface area contributed by atoms with Crippen molar-refractivity contribution in [2.45, 2.75) is 122 Å². The number of rotatable bonds is 17. The van der Waals surface area contributed by atoms with E-state index < -0.39 is 30.5 Å². The summed E-state index contributed by atoms with van der Waals surface area (Å²) in [4.78, 5) is 30.9. The molecule has 1 aromatic rings. The number of ether oxygens (including phenoxy) is 2. The zero-order valence-corrected chi connectivity index (χ0v) is 27.3. The van der Waals surface area contributed by atoms with E-state index >= 15 is 0 Å². The van der Waals surface area contributed by atoms with Gasteiger partial charge in [-0.3, -0.25) is 14.5 Å². The molecule has 0 radical (unpaired) electrons. The summed E-state index contributed by atoms with van der Waals surface area (Å²) in [7, 11) is 5.03. The Kier molecular flexibility index (Phi) is 14.9. The van der Waals surface area contributed by atoms with Gasteiger partial charge in [-0.15, -0.1) is 0 Å². The first-order chi connectivity index (χ1) is 19.9. The number of hydrogen-bond acceptors (Lipinski definition) is 7. The fourth-order valence-electron chi connectivity index (χ4n) is 6.39. The van der Waals surface area contributed by atoms with Crippen molar-refractivity contribution in [3.8, 4) is 0 Å². The van der Waals surface area contributed by atoms with E-state index in [1.54, 1.807) is 21.1 Å². The quantitative estimate of drug-likeness (QED) is 0.237. The summed E-state index contributed by atoms with van der Waals surface area (Å²) in [6.45, 7) is 12.4. The second-order valence-electron chi connectivity index (χ2n) is 12.4. The first-order valence-electron chi connectivity index (χ1n) is 15.7. The summed E-state index contributed by atoms with van der Waals surface area (Å²) >= 11 is 0. The zero-order chi connectivity index (χ0) is 31.6. The van der Waals surface area contributed by atoms with Crippen LogP contribution in [-0.2, 0) is 19.1 Å². The first-order valence-corrected chi connectivity index (χ1v) is 15.7. The van der Waals surface area contributed by atoms with E-state index in [1.165, 1.54) is 5.56 Å². The summed E-state index contributed by atoms with van der Waals surface area (Å²) in [6, 6.07) is 9.62. The van der Waals surface area contributed by atoms with Gasteiger partial charge in [0, 0.05) is 45.2 Å². The van der Waals surface area contributed by atoms with Crippen molar-refractivity contribution in [3.63, 3.8) is 0 Å². The molecule has 0 saturated carbocycles. The Balaban J connectivity index is 2.14. The van der Waals surface area contributed by atoms with Crippen LogP contribution in [-0.4, -0.2) is 102 Å².